The van der Waals surface area contributed by atoms with E-state index >= 15 is 0 Å². The van der Waals surface area contributed by atoms with Crippen molar-refractivity contribution in [1.82, 2.24) is 0 Å². The van der Waals surface area contributed by atoms with Crippen LogP contribution in [0.15, 0.2) is 18.2 Å². The normalized spacial score (nSPS) is 13.4. The van der Waals surface area contributed by atoms with Gasteiger partial charge < -0.3 is 10.8 Å². The van der Waals surface area contributed by atoms with E-state index in [-0.39, 0.29) is 0 Å². The standard InChI is InChI=1S/C9H9F3N2O3/c10-9(11,12)7(4-13)6-3-5(15)1-2-8(6)14(16)17/h1-3,7,15H,4,13H2. The third kappa shape index (κ3) is 2.84. The number of nitro benzene ring substituents is 1. The average Bonchev–Trinajstić information content (AvgIpc) is 2.15. The summed E-state index contributed by atoms with van der Waals surface area (Å²) in [4.78, 5) is 9.65. The molecule has 0 saturated heterocycles. The number of nitrogens with two attached hydrogens (primary N) is 1. The Hall–Kier alpha value is -1.83. The van der Waals surface area contributed by atoms with Gasteiger partial charge in [0, 0.05) is 18.2 Å². The Bertz CT molecular complexity index is 434. The molecule has 0 radical (unpaired) electrons. The van der Waals surface area contributed by atoms with Crippen LogP contribution in [-0.2, 0) is 0 Å². The van der Waals surface area contributed by atoms with Crippen molar-refractivity contribution in [2.45, 2.75) is 12.1 Å². The summed E-state index contributed by atoms with van der Waals surface area (Å²) >= 11 is 0. The molecule has 1 aromatic rings. The Morgan fingerprint density at radius 2 is 2.06 bits per heavy atom. The van der Waals surface area contributed by atoms with Crippen molar-refractivity contribution in [2.75, 3.05) is 6.54 Å². The molecule has 0 saturated carbocycles. The molecule has 0 aliphatic heterocycles. The second kappa shape index (κ2) is 4.58. The fourth-order valence-corrected chi connectivity index (χ4v) is 1.42. The molecule has 3 N–H and O–H groups in total. The number of aromatic hydroxyl groups is 1. The molecule has 5 nitrogen and oxygen atoms in total. The number of phenols is 1. The van der Waals surface area contributed by atoms with Crippen LogP contribution in [0.1, 0.15) is 11.5 Å². The van der Waals surface area contributed by atoms with Crippen molar-refractivity contribution in [2.24, 2.45) is 5.73 Å². The van der Waals surface area contributed by atoms with Crippen LogP contribution in [0, 0.1) is 10.1 Å². The van der Waals surface area contributed by atoms with Crippen LogP contribution in [0.3, 0.4) is 0 Å². The lowest BCUT2D eigenvalue weighted by Crippen LogP contribution is -2.28. The second-order valence-corrected chi connectivity index (χ2v) is 3.33. The molecule has 1 unspecified atom stereocenters. The first-order chi connectivity index (χ1) is 7.77. The molecule has 0 heterocycles. The van der Waals surface area contributed by atoms with Gasteiger partial charge in [-0.05, 0) is 12.1 Å². The van der Waals surface area contributed by atoms with Gasteiger partial charge in [-0.1, -0.05) is 0 Å². The quantitative estimate of drug-likeness (QED) is 0.633. The first kappa shape index (κ1) is 13.2. The minimum absolute atomic E-state index is 0.478. The summed E-state index contributed by atoms with van der Waals surface area (Å²) in [5.74, 6) is -2.65. The first-order valence-corrected chi connectivity index (χ1v) is 4.51. The lowest BCUT2D eigenvalue weighted by molar-refractivity contribution is -0.386. The van der Waals surface area contributed by atoms with Crippen molar-refractivity contribution in [3.05, 3.63) is 33.9 Å². The highest BCUT2D eigenvalue weighted by Gasteiger charge is 2.43. The minimum atomic E-state index is -4.70. The molecule has 0 fully saturated rings. The monoisotopic (exact) mass is 250 g/mol. The Labute approximate surface area is 93.8 Å². The van der Waals surface area contributed by atoms with Crippen molar-refractivity contribution in [3.8, 4) is 5.75 Å². The SMILES string of the molecule is NCC(c1cc(O)ccc1[N+](=O)[O-])C(F)(F)F. The summed E-state index contributed by atoms with van der Waals surface area (Å²) in [5.41, 5.74) is 3.64. The maximum atomic E-state index is 12.6. The van der Waals surface area contributed by atoms with E-state index in [2.05, 4.69) is 0 Å². The molecule has 17 heavy (non-hydrogen) atoms. The molecule has 0 aliphatic carbocycles. The van der Waals surface area contributed by atoms with Crippen molar-refractivity contribution in [1.29, 1.82) is 0 Å². The van der Waals surface area contributed by atoms with Crippen LogP contribution >= 0.6 is 0 Å². The van der Waals surface area contributed by atoms with Gasteiger partial charge in [0.1, 0.15) is 5.75 Å². The van der Waals surface area contributed by atoms with Crippen molar-refractivity contribution >= 4 is 5.69 Å². The molecule has 1 aromatic carbocycles. The lowest BCUT2D eigenvalue weighted by Gasteiger charge is -2.18. The van der Waals surface area contributed by atoms with Gasteiger partial charge in [0.15, 0.2) is 0 Å². The number of nitro groups is 1. The zero-order valence-corrected chi connectivity index (χ0v) is 8.44. The second-order valence-electron chi connectivity index (χ2n) is 3.33. The van der Waals surface area contributed by atoms with Crippen LogP contribution in [-0.4, -0.2) is 22.8 Å². The Kier molecular flexibility index (Phi) is 3.56. The van der Waals surface area contributed by atoms with Crippen LogP contribution < -0.4 is 5.73 Å². The van der Waals surface area contributed by atoms with Crippen LogP contribution in [0.4, 0.5) is 18.9 Å². The number of phenolic OH excluding ortho intramolecular Hbond substituents is 1. The van der Waals surface area contributed by atoms with Crippen LogP contribution in [0.5, 0.6) is 5.75 Å². The summed E-state index contributed by atoms with van der Waals surface area (Å²) in [6.07, 6.45) is -4.70. The molecule has 94 valence electrons. The highest BCUT2D eigenvalue weighted by molar-refractivity contribution is 5.47. The van der Waals surface area contributed by atoms with Gasteiger partial charge in [-0.15, -0.1) is 0 Å². The maximum absolute atomic E-state index is 12.6. The topological polar surface area (TPSA) is 89.4 Å². The predicted molar refractivity (Wildman–Crippen MR) is 52.6 cm³/mol. The molecule has 1 rings (SSSR count). The molecule has 0 bridgehead atoms. The van der Waals surface area contributed by atoms with Crippen LogP contribution in [0.2, 0.25) is 0 Å². The molecule has 0 amide bonds. The minimum Gasteiger partial charge on any atom is -0.508 e. The van der Waals surface area contributed by atoms with Crippen molar-refractivity contribution < 1.29 is 23.2 Å². The third-order valence-electron chi connectivity index (χ3n) is 2.21. The molecule has 8 heteroatoms. The highest BCUT2D eigenvalue weighted by atomic mass is 19.4. The van der Waals surface area contributed by atoms with Gasteiger partial charge in [-0.3, -0.25) is 10.1 Å². The Balaban J connectivity index is 3.36. The largest absolute Gasteiger partial charge is 0.508 e. The molecule has 0 aliphatic rings. The molecular weight excluding hydrogens is 241 g/mol. The third-order valence-corrected chi connectivity index (χ3v) is 2.21. The van der Waals surface area contributed by atoms with Gasteiger partial charge in [0.25, 0.3) is 5.69 Å². The molecule has 0 aromatic heterocycles. The zero-order chi connectivity index (χ0) is 13.2. The highest BCUT2D eigenvalue weighted by Crippen LogP contribution is 2.39. The van der Waals surface area contributed by atoms with E-state index in [1.165, 1.54) is 0 Å². The number of hydrogen-bond donors (Lipinski definition) is 2. The molecule has 1 atom stereocenters. The van der Waals surface area contributed by atoms with E-state index < -0.39 is 40.6 Å². The summed E-state index contributed by atoms with van der Waals surface area (Å²) in [5, 5.41) is 19.7. The lowest BCUT2D eigenvalue weighted by atomic mass is 9.96. The number of nitrogens with zero attached hydrogens (tertiary/aromatic N) is 1. The van der Waals surface area contributed by atoms with Gasteiger partial charge in [-0.2, -0.15) is 13.2 Å². The van der Waals surface area contributed by atoms with Crippen molar-refractivity contribution in [3.63, 3.8) is 0 Å². The number of hydrogen-bond acceptors (Lipinski definition) is 4. The first-order valence-electron chi connectivity index (χ1n) is 4.51. The smallest absolute Gasteiger partial charge is 0.397 e. The van der Waals surface area contributed by atoms with Gasteiger partial charge in [0.2, 0.25) is 0 Å². The van der Waals surface area contributed by atoms with Crippen LogP contribution in [0.25, 0.3) is 0 Å². The van der Waals surface area contributed by atoms with E-state index in [4.69, 9.17) is 10.8 Å². The van der Waals surface area contributed by atoms with E-state index in [9.17, 15) is 23.3 Å². The van der Waals surface area contributed by atoms with E-state index in [1.807, 2.05) is 0 Å². The summed E-state index contributed by atoms with van der Waals surface area (Å²) < 4.78 is 37.8. The number of benzene rings is 1. The van der Waals surface area contributed by atoms with E-state index in [1.54, 1.807) is 0 Å². The average molecular weight is 250 g/mol. The number of alkyl halides is 3. The Morgan fingerprint density at radius 3 is 2.47 bits per heavy atom. The van der Waals surface area contributed by atoms with E-state index in [0.717, 1.165) is 12.1 Å². The number of halogens is 3. The summed E-state index contributed by atoms with van der Waals surface area (Å²) in [6, 6.07) is 2.48. The van der Waals surface area contributed by atoms with E-state index in [0.29, 0.717) is 6.07 Å². The summed E-state index contributed by atoms with van der Waals surface area (Å²) in [7, 11) is 0. The fourth-order valence-electron chi connectivity index (χ4n) is 1.42. The number of rotatable bonds is 3. The summed E-state index contributed by atoms with van der Waals surface area (Å²) in [6.45, 7) is -0.826. The van der Waals surface area contributed by atoms with Gasteiger partial charge >= 0.3 is 6.18 Å². The molecular formula is C9H9F3N2O3. The predicted octanol–water partition coefficient (Wildman–Crippen LogP) is 1.90. The molecule has 0 spiro atoms. The van der Waals surface area contributed by atoms with Gasteiger partial charge in [-0.25, -0.2) is 0 Å². The fraction of sp³-hybridized carbons (Fsp3) is 0.333. The maximum Gasteiger partial charge on any atom is 0.397 e. The van der Waals surface area contributed by atoms with Gasteiger partial charge in [0.05, 0.1) is 10.8 Å². The Morgan fingerprint density at radius 1 is 1.47 bits per heavy atom. The zero-order valence-electron chi connectivity index (χ0n) is 8.44.